The summed E-state index contributed by atoms with van der Waals surface area (Å²) in [6.45, 7) is 5.21. The van der Waals surface area contributed by atoms with Crippen LogP contribution in [0.25, 0.3) is 0 Å². The van der Waals surface area contributed by atoms with Crippen LogP contribution in [0.1, 0.15) is 46.0 Å². The molecular weight excluding hydrogens is 356 g/mol. The van der Waals surface area contributed by atoms with Gasteiger partial charge in [-0.2, -0.15) is 0 Å². The number of carbonyl (C=O) groups excluding carboxylic acids is 1. The van der Waals surface area contributed by atoms with Gasteiger partial charge >= 0.3 is 5.97 Å². The highest BCUT2D eigenvalue weighted by Gasteiger charge is 2.31. The molecule has 26 heavy (non-hydrogen) atoms. The Balaban J connectivity index is 1.90. The summed E-state index contributed by atoms with van der Waals surface area (Å²) in [5.74, 6) is -0.942. The van der Waals surface area contributed by atoms with Crippen LogP contribution in [0.5, 0.6) is 0 Å². The average Bonchev–Trinajstić information content (AvgIpc) is 2.65. The molecule has 1 unspecified atom stereocenters. The van der Waals surface area contributed by atoms with Crippen molar-refractivity contribution in [1.29, 1.82) is 0 Å². The number of likely N-dealkylation sites (tertiary alicyclic amines) is 1. The second kappa shape index (κ2) is 9.32. The van der Waals surface area contributed by atoms with Gasteiger partial charge in [-0.3, -0.25) is 18.4 Å². The van der Waals surface area contributed by atoms with Gasteiger partial charge in [-0.1, -0.05) is 12.2 Å². The molecule has 2 fully saturated rings. The first-order chi connectivity index (χ1) is 12.4. The maximum atomic E-state index is 12.4. The van der Waals surface area contributed by atoms with Gasteiger partial charge in [-0.25, -0.2) is 4.21 Å². The highest BCUT2D eigenvalue weighted by atomic mass is 32.2. The van der Waals surface area contributed by atoms with Crippen molar-refractivity contribution < 1.29 is 23.5 Å². The van der Waals surface area contributed by atoms with Crippen molar-refractivity contribution in [3.8, 4) is 0 Å². The van der Waals surface area contributed by atoms with E-state index in [4.69, 9.17) is 5.11 Å². The Morgan fingerprint density at radius 3 is 2.38 bits per heavy atom. The number of aliphatic carboxylic acids is 1. The van der Waals surface area contributed by atoms with Gasteiger partial charge in [-0.05, 0) is 51.0 Å². The molecule has 0 bridgehead atoms. The van der Waals surface area contributed by atoms with Gasteiger partial charge in [0.25, 0.3) is 11.3 Å². The number of carbonyl (C=O) groups is 2. The number of carboxylic acid groups (broad SMARTS) is 1. The predicted molar refractivity (Wildman–Crippen MR) is 99.3 cm³/mol. The van der Waals surface area contributed by atoms with Crippen LogP contribution in [0, 0.1) is 11.8 Å². The number of hydrogen-bond donors (Lipinski definition) is 2. The fraction of sp³-hybridized carbons (Fsp3) is 0.667. The van der Waals surface area contributed by atoms with Crippen molar-refractivity contribution in [1.82, 2.24) is 9.21 Å². The third-order valence-corrected chi connectivity index (χ3v) is 6.03. The van der Waals surface area contributed by atoms with Gasteiger partial charge in [0.1, 0.15) is 0 Å². The number of amides is 1. The van der Waals surface area contributed by atoms with Crippen molar-refractivity contribution in [3.05, 3.63) is 23.4 Å². The average molecular weight is 384 g/mol. The molecule has 0 aromatic carbocycles. The maximum absolute atomic E-state index is 12.4. The zero-order chi connectivity index (χ0) is 19.3. The Bertz CT molecular complexity index is 623. The van der Waals surface area contributed by atoms with Gasteiger partial charge in [-0.15, -0.1) is 0 Å². The zero-order valence-corrected chi connectivity index (χ0v) is 16.2. The lowest BCUT2D eigenvalue weighted by Crippen LogP contribution is -2.41. The molecule has 2 N–H and O–H groups in total. The van der Waals surface area contributed by atoms with Crippen LogP contribution in [-0.2, 0) is 20.9 Å². The fourth-order valence-corrected chi connectivity index (χ4v) is 4.50. The van der Waals surface area contributed by atoms with Crippen LogP contribution in [0.4, 0.5) is 0 Å². The quantitative estimate of drug-likeness (QED) is 0.709. The number of nitrogens with zero attached hydrogens (tertiary/aromatic N) is 2. The molecule has 2 aliphatic rings. The van der Waals surface area contributed by atoms with E-state index in [1.165, 1.54) is 4.31 Å². The van der Waals surface area contributed by atoms with E-state index in [-0.39, 0.29) is 17.7 Å². The van der Waals surface area contributed by atoms with E-state index < -0.39 is 17.2 Å². The molecule has 7 nitrogen and oxygen atoms in total. The minimum absolute atomic E-state index is 0.0457. The molecule has 0 aliphatic carbocycles. The number of carboxylic acids is 1. The van der Waals surface area contributed by atoms with E-state index >= 15 is 0 Å². The number of allylic oxidation sites excluding steroid dienone is 3. The lowest BCUT2D eigenvalue weighted by atomic mass is 9.88. The molecule has 0 spiro atoms. The summed E-state index contributed by atoms with van der Waals surface area (Å²) >= 11 is -2.08. The normalized spacial score (nSPS) is 26.3. The standard InChI is InChI=1S/C18H28N2O5S/c1-3-14-11-13(12-20(26(24)25)16(14)4-2)5-6-17(21)19-9-7-15(8-10-19)18(22)23/h3-4,13,15H,5-12H2,1-2H3,(H,22,23)(H,24,25)/b14-3-,16-4+/t13-/m1/s1. The SMILES string of the molecule is C/C=C1/C[C@@H](CCC(=O)N2CCC(C(=O)O)CC2)CN(S(=O)O)/C1=C/C. The first kappa shape index (κ1) is 20.6. The molecule has 2 rings (SSSR count). The van der Waals surface area contributed by atoms with Crippen molar-refractivity contribution in [2.45, 2.75) is 46.0 Å². The second-order valence-electron chi connectivity index (χ2n) is 6.88. The van der Waals surface area contributed by atoms with Crippen LogP contribution >= 0.6 is 0 Å². The molecule has 0 radical (unpaired) electrons. The van der Waals surface area contributed by atoms with Crippen LogP contribution in [-0.4, -0.2) is 54.6 Å². The first-order valence-electron chi connectivity index (χ1n) is 9.08. The Kier molecular flexibility index (Phi) is 7.40. The lowest BCUT2D eigenvalue weighted by Gasteiger charge is -2.36. The summed E-state index contributed by atoms with van der Waals surface area (Å²) in [5.41, 5.74) is 1.81. The van der Waals surface area contributed by atoms with Crippen molar-refractivity contribution in [2.75, 3.05) is 19.6 Å². The van der Waals surface area contributed by atoms with Gasteiger partial charge < -0.3 is 10.0 Å². The smallest absolute Gasteiger partial charge is 0.306 e. The van der Waals surface area contributed by atoms with E-state index in [1.807, 2.05) is 26.0 Å². The van der Waals surface area contributed by atoms with Crippen molar-refractivity contribution in [3.63, 3.8) is 0 Å². The van der Waals surface area contributed by atoms with E-state index in [0.717, 1.165) is 17.7 Å². The summed E-state index contributed by atoms with van der Waals surface area (Å²) in [6.07, 6.45) is 6.65. The van der Waals surface area contributed by atoms with Crippen LogP contribution in [0.2, 0.25) is 0 Å². The Morgan fingerprint density at radius 1 is 1.23 bits per heavy atom. The molecule has 8 heteroatoms. The Morgan fingerprint density at radius 2 is 1.88 bits per heavy atom. The Hall–Kier alpha value is -1.67. The first-order valence-corrected chi connectivity index (χ1v) is 10.1. The topological polar surface area (TPSA) is 98.2 Å². The van der Waals surface area contributed by atoms with Crippen LogP contribution in [0.3, 0.4) is 0 Å². The number of hydrogen-bond acceptors (Lipinski definition) is 3. The van der Waals surface area contributed by atoms with E-state index in [9.17, 15) is 18.4 Å². The molecule has 2 saturated heterocycles. The fourth-order valence-electron chi connectivity index (χ4n) is 3.77. The van der Waals surface area contributed by atoms with E-state index in [2.05, 4.69) is 0 Å². The van der Waals surface area contributed by atoms with Gasteiger partial charge in [0.15, 0.2) is 0 Å². The zero-order valence-electron chi connectivity index (χ0n) is 15.4. The van der Waals surface area contributed by atoms with Gasteiger partial charge in [0.05, 0.1) is 11.6 Å². The molecule has 146 valence electrons. The third-order valence-electron chi connectivity index (χ3n) is 5.30. The second-order valence-corrected chi connectivity index (χ2v) is 7.78. The monoisotopic (exact) mass is 384 g/mol. The molecule has 1 amide bonds. The molecule has 2 aliphatic heterocycles. The summed E-state index contributed by atoms with van der Waals surface area (Å²) in [4.78, 5) is 25.2. The third kappa shape index (κ3) is 4.94. The molecule has 0 aromatic rings. The van der Waals surface area contributed by atoms with Crippen molar-refractivity contribution in [2.24, 2.45) is 11.8 Å². The predicted octanol–water partition coefficient (Wildman–Crippen LogP) is 2.40. The number of rotatable bonds is 5. The summed E-state index contributed by atoms with van der Waals surface area (Å²) in [7, 11) is 0. The number of piperidine rings is 2. The summed E-state index contributed by atoms with van der Waals surface area (Å²) in [5, 5.41) is 9.03. The van der Waals surface area contributed by atoms with Crippen molar-refractivity contribution >= 4 is 23.1 Å². The van der Waals surface area contributed by atoms with Gasteiger partial charge in [0.2, 0.25) is 5.91 Å². The highest BCUT2D eigenvalue weighted by Crippen LogP contribution is 2.33. The summed E-state index contributed by atoms with van der Waals surface area (Å²) in [6, 6.07) is 0. The largest absolute Gasteiger partial charge is 0.481 e. The van der Waals surface area contributed by atoms with Crippen LogP contribution in [0.15, 0.2) is 23.4 Å². The minimum Gasteiger partial charge on any atom is -0.481 e. The summed E-state index contributed by atoms with van der Waals surface area (Å²) < 4.78 is 22.7. The molecule has 2 heterocycles. The van der Waals surface area contributed by atoms with E-state index in [0.29, 0.717) is 45.3 Å². The Labute approximate surface area is 157 Å². The molecule has 0 saturated carbocycles. The molecule has 2 atom stereocenters. The van der Waals surface area contributed by atoms with Crippen LogP contribution < -0.4 is 0 Å². The highest BCUT2D eigenvalue weighted by molar-refractivity contribution is 7.76. The maximum Gasteiger partial charge on any atom is 0.306 e. The lowest BCUT2D eigenvalue weighted by molar-refractivity contribution is -0.145. The van der Waals surface area contributed by atoms with E-state index in [1.54, 1.807) is 4.90 Å². The van der Waals surface area contributed by atoms with Gasteiger partial charge in [0, 0.05) is 26.1 Å². The molecule has 0 aromatic heterocycles. The molecular formula is C18H28N2O5S. The minimum atomic E-state index is -2.08.